The molecule has 0 amide bonds. The molecule has 2 heteroatoms. The first-order valence-electron chi connectivity index (χ1n) is 4.00. The summed E-state index contributed by atoms with van der Waals surface area (Å²) in [5.74, 6) is 0.956. The molecule has 0 aromatic heterocycles. The van der Waals surface area contributed by atoms with Gasteiger partial charge in [-0.05, 0) is 32.4 Å². The summed E-state index contributed by atoms with van der Waals surface area (Å²) in [6, 6.07) is 0. The lowest BCUT2D eigenvalue weighted by molar-refractivity contribution is 0.105. The minimum Gasteiger partial charge on any atom is -0.383 e. The SMILES string of the molecule is COCC12CC1CCN2C. The van der Waals surface area contributed by atoms with Crippen molar-refractivity contribution in [3.05, 3.63) is 0 Å². The summed E-state index contributed by atoms with van der Waals surface area (Å²) in [5, 5.41) is 0. The van der Waals surface area contributed by atoms with Crippen molar-refractivity contribution < 1.29 is 4.74 Å². The van der Waals surface area contributed by atoms with Crippen LogP contribution in [0.4, 0.5) is 0 Å². The topological polar surface area (TPSA) is 12.5 Å². The predicted molar refractivity (Wildman–Crippen MR) is 40.0 cm³/mol. The summed E-state index contributed by atoms with van der Waals surface area (Å²) >= 11 is 0. The van der Waals surface area contributed by atoms with Gasteiger partial charge in [0.2, 0.25) is 0 Å². The minimum absolute atomic E-state index is 0.481. The van der Waals surface area contributed by atoms with Gasteiger partial charge < -0.3 is 4.74 Å². The van der Waals surface area contributed by atoms with E-state index >= 15 is 0 Å². The number of likely N-dealkylation sites (tertiary alicyclic amines) is 1. The normalized spacial score (nSPS) is 45.6. The van der Waals surface area contributed by atoms with Crippen LogP contribution in [0.15, 0.2) is 0 Å². The van der Waals surface area contributed by atoms with Gasteiger partial charge in [0.15, 0.2) is 0 Å². The lowest BCUT2D eigenvalue weighted by atomic mass is 10.2. The van der Waals surface area contributed by atoms with E-state index in [1.165, 1.54) is 19.4 Å². The van der Waals surface area contributed by atoms with Gasteiger partial charge >= 0.3 is 0 Å². The Labute approximate surface area is 62.2 Å². The number of ether oxygens (including phenoxy) is 1. The number of methoxy groups -OCH3 is 1. The largest absolute Gasteiger partial charge is 0.383 e. The van der Waals surface area contributed by atoms with Crippen LogP contribution in [0.3, 0.4) is 0 Å². The van der Waals surface area contributed by atoms with E-state index in [0.29, 0.717) is 5.54 Å². The molecule has 0 bridgehead atoms. The number of hydrogen-bond acceptors (Lipinski definition) is 2. The van der Waals surface area contributed by atoms with Crippen molar-refractivity contribution in [1.29, 1.82) is 0 Å². The Bertz CT molecular complexity index is 148. The average molecular weight is 141 g/mol. The maximum atomic E-state index is 5.20. The van der Waals surface area contributed by atoms with E-state index in [1.54, 1.807) is 7.11 Å². The Kier molecular flexibility index (Phi) is 1.29. The monoisotopic (exact) mass is 141 g/mol. The zero-order chi connectivity index (χ0) is 7.19. The van der Waals surface area contributed by atoms with E-state index in [-0.39, 0.29) is 0 Å². The van der Waals surface area contributed by atoms with Crippen molar-refractivity contribution in [3.8, 4) is 0 Å². The Morgan fingerprint density at radius 3 is 2.90 bits per heavy atom. The smallest absolute Gasteiger partial charge is 0.0649 e. The number of likely N-dealkylation sites (N-methyl/N-ethyl adjacent to an activating group) is 1. The number of hydrogen-bond donors (Lipinski definition) is 0. The Balaban J connectivity index is 2.03. The third-order valence-electron chi connectivity index (χ3n) is 3.17. The molecule has 0 aromatic rings. The Hall–Kier alpha value is -0.0800. The molecule has 58 valence electrons. The number of rotatable bonds is 2. The number of piperidine rings is 1. The van der Waals surface area contributed by atoms with Crippen molar-refractivity contribution >= 4 is 0 Å². The zero-order valence-electron chi connectivity index (χ0n) is 6.76. The molecule has 2 atom stereocenters. The Morgan fingerprint density at radius 2 is 2.50 bits per heavy atom. The van der Waals surface area contributed by atoms with Gasteiger partial charge in [-0.25, -0.2) is 0 Å². The van der Waals surface area contributed by atoms with E-state index < -0.39 is 0 Å². The number of nitrogens with zero attached hydrogens (tertiary/aromatic N) is 1. The summed E-state index contributed by atoms with van der Waals surface area (Å²) in [4.78, 5) is 2.46. The molecule has 1 aliphatic carbocycles. The molecule has 0 aromatic carbocycles. The van der Waals surface area contributed by atoms with E-state index in [1.807, 2.05) is 0 Å². The highest BCUT2D eigenvalue weighted by atomic mass is 16.5. The molecule has 2 aliphatic rings. The molecule has 0 radical (unpaired) electrons. The van der Waals surface area contributed by atoms with Crippen LogP contribution >= 0.6 is 0 Å². The van der Waals surface area contributed by atoms with Crippen LogP contribution in [-0.4, -0.2) is 37.7 Å². The highest BCUT2D eigenvalue weighted by Crippen LogP contribution is 2.54. The van der Waals surface area contributed by atoms with Gasteiger partial charge in [-0.2, -0.15) is 0 Å². The summed E-state index contributed by atoms with van der Waals surface area (Å²) in [5.41, 5.74) is 0.481. The van der Waals surface area contributed by atoms with E-state index in [2.05, 4.69) is 11.9 Å². The van der Waals surface area contributed by atoms with E-state index in [0.717, 1.165) is 12.5 Å². The first kappa shape index (κ1) is 6.62. The molecule has 2 fully saturated rings. The van der Waals surface area contributed by atoms with Gasteiger partial charge in [-0.15, -0.1) is 0 Å². The first-order chi connectivity index (χ1) is 4.79. The molecule has 10 heavy (non-hydrogen) atoms. The van der Waals surface area contributed by atoms with Gasteiger partial charge in [0.1, 0.15) is 0 Å². The Morgan fingerprint density at radius 1 is 1.70 bits per heavy atom. The molecule has 0 N–H and O–H groups in total. The standard InChI is InChI=1S/C8H15NO/c1-9-4-3-7-5-8(7,9)6-10-2/h7H,3-6H2,1-2H3. The predicted octanol–water partition coefficient (Wildman–Crippen LogP) is 0.727. The van der Waals surface area contributed by atoms with Crippen molar-refractivity contribution in [3.63, 3.8) is 0 Å². The quantitative estimate of drug-likeness (QED) is 0.562. The van der Waals surface area contributed by atoms with E-state index in [4.69, 9.17) is 4.74 Å². The fourth-order valence-electron chi connectivity index (χ4n) is 2.32. The molecule has 2 nitrogen and oxygen atoms in total. The van der Waals surface area contributed by atoms with Crippen LogP contribution in [-0.2, 0) is 4.74 Å². The van der Waals surface area contributed by atoms with Crippen LogP contribution in [0.2, 0.25) is 0 Å². The lowest BCUT2D eigenvalue weighted by Gasteiger charge is -2.22. The summed E-state index contributed by atoms with van der Waals surface area (Å²) in [7, 11) is 4.02. The van der Waals surface area contributed by atoms with Gasteiger partial charge in [-0.1, -0.05) is 0 Å². The second kappa shape index (κ2) is 1.95. The zero-order valence-corrected chi connectivity index (χ0v) is 6.76. The van der Waals surface area contributed by atoms with Crippen LogP contribution < -0.4 is 0 Å². The van der Waals surface area contributed by atoms with Crippen molar-refractivity contribution in [2.24, 2.45) is 5.92 Å². The number of fused-ring (bicyclic) bond motifs is 1. The molecule has 2 unspecified atom stereocenters. The summed E-state index contributed by atoms with van der Waals surface area (Å²) in [6.45, 7) is 2.21. The van der Waals surface area contributed by atoms with Crippen LogP contribution in [0.1, 0.15) is 12.8 Å². The second-order valence-corrected chi connectivity index (χ2v) is 3.65. The van der Waals surface area contributed by atoms with Gasteiger partial charge in [0.25, 0.3) is 0 Å². The van der Waals surface area contributed by atoms with Crippen molar-refractivity contribution in [1.82, 2.24) is 4.90 Å². The fraction of sp³-hybridized carbons (Fsp3) is 1.00. The highest BCUT2D eigenvalue weighted by molar-refractivity contribution is 5.15. The molecule has 2 rings (SSSR count). The molecule has 1 saturated carbocycles. The van der Waals surface area contributed by atoms with Crippen LogP contribution in [0.25, 0.3) is 0 Å². The maximum absolute atomic E-state index is 5.20. The van der Waals surface area contributed by atoms with Gasteiger partial charge in [0, 0.05) is 12.6 Å². The highest BCUT2D eigenvalue weighted by Gasteiger charge is 2.60. The van der Waals surface area contributed by atoms with Gasteiger partial charge in [-0.3, -0.25) is 4.90 Å². The average Bonchev–Trinajstić information content (AvgIpc) is 2.53. The molecule has 1 saturated heterocycles. The molecule has 0 spiro atoms. The molecule has 1 heterocycles. The maximum Gasteiger partial charge on any atom is 0.0649 e. The van der Waals surface area contributed by atoms with Gasteiger partial charge in [0.05, 0.1) is 6.61 Å². The minimum atomic E-state index is 0.481. The van der Waals surface area contributed by atoms with Crippen LogP contribution in [0.5, 0.6) is 0 Å². The van der Waals surface area contributed by atoms with Crippen molar-refractivity contribution in [2.75, 3.05) is 27.3 Å². The fourth-order valence-corrected chi connectivity index (χ4v) is 2.32. The first-order valence-corrected chi connectivity index (χ1v) is 4.00. The third-order valence-corrected chi connectivity index (χ3v) is 3.17. The third kappa shape index (κ3) is 0.663. The molecular formula is C8H15NO. The summed E-state index contributed by atoms with van der Waals surface area (Å²) in [6.07, 6.45) is 2.76. The summed E-state index contributed by atoms with van der Waals surface area (Å²) < 4.78 is 5.20. The molecular weight excluding hydrogens is 126 g/mol. The molecule has 1 aliphatic heterocycles. The lowest BCUT2D eigenvalue weighted by Crippen LogP contribution is -2.34. The second-order valence-electron chi connectivity index (χ2n) is 3.65. The van der Waals surface area contributed by atoms with Crippen LogP contribution in [0, 0.1) is 5.92 Å². The van der Waals surface area contributed by atoms with Crippen molar-refractivity contribution in [2.45, 2.75) is 18.4 Å². The van der Waals surface area contributed by atoms with E-state index in [9.17, 15) is 0 Å².